The van der Waals surface area contributed by atoms with Gasteiger partial charge < -0.3 is 10.1 Å². The summed E-state index contributed by atoms with van der Waals surface area (Å²) in [6.07, 6.45) is 3.63. The highest BCUT2D eigenvalue weighted by atomic mass is 32.2. The lowest BCUT2D eigenvalue weighted by Gasteiger charge is -2.33. The SMILES string of the molecule is CCCSc1nc2sc3c(c2c2nnc(SCC(=O)NC(C)Cc4ccccc4)n12)CC(C)(CC)OC3. The molecule has 5 rings (SSSR count). The van der Waals surface area contributed by atoms with Crippen LogP contribution in [-0.4, -0.2) is 48.6 Å². The van der Waals surface area contributed by atoms with Crippen LogP contribution in [0.15, 0.2) is 40.6 Å². The van der Waals surface area contributed by atoms with Crippen molar-refractivity contribution in [2.75, 3.05) is 11.5 Å². The van der Waals surface area contributed by atoms with Gasteiger partial charge in [-0.1, -0.05) is 67.7 Å². The molecule has 0 saturated heterocycles. The lowest BCUT2D eigenvalue weighted by Crippen LogP contribution is -2.35. The summed E-state index contributed by atoms with van der Waals surface area (Å²) in [7, 11) is 0. The van der Waals surface area contributed by atoms with Crippen LogP contribution in [0.3, 0.4) is 0 Å². The Balaban J connectivity index is 1.40. The van der Waals surface area contributed by atoms with Crippen LogP contribution in [-0.2, 0) is 29.0 Å². The van der Waals surface area contributed by atoms with Crippen molar-refractivity contribution in [2.45, 2.75) is 81.9 Å². The van der Waals surface area contributed by atoms with Crippen LogP contribution in [0.1, 0.15) is 56.5 Å². The molecule has 7 nitrogen and oxygen atoms in total. The van der Waals surface area contributed by atoms with Crippen molar-refractivity contribution in [3.8, 4) is 0 Å². The van der Waals surface area contributed by atoms with Crippen LogP contribution in [0.25, 0.3) is 15.9 Å². The number of hydrogen-bond donors (Lipinski definition) is 1. The lowest BCUT2D eigenvalue weighted by atomic mass is 9.90. The fraction of sp³-hybridized carbons (Fsp3) is 0.481. The third-order valence-corrected chi connectivity index (χ3v) is 9.90. The first-order valence-corrected chi connectivity index (χ1v) is 15.6. The van der Waals surface area contributed by atoms with E-state index in [1.165, 1.54) is 27.8 Å². The molecule has 37 heavy (non-hydrogen) atoms. The Morgan fingerprint density at radius 2 is 2.03 bits per heavy atom. The zero-order valence-corrected chi connectivity index (χ0v) is 24.2. The zero-order valence-electron chi connectivity index (χ0n) is 21.7. The Hall–Kier alpha value is -2.14. The van der Waals surface area contributed by atoms with Crippen LogP contribution >= 0.6 is 34.9 Å². The van der Waals surface area contributed by atoms with Gasteiger partial charge in [-0.2, -0.15) is 0 Å². The van der Waals surface area contributed by atoms with E-state index >= 15 is 0 Å². The van der Waals surface area contributed by atoms with E-state index in [-0.39, 0.29) is 23.3 Å². The molecule has 0 fully saturated rings. The highest BCUT2D eigenvalue weighted by Crippen LogP contribution is 2.42. The highest BCUT2D eigenvalue weighted by Gasteiger charge is 2.33. The monoisotopic (exact) mass is 555 g/mol. The quantitative estimate of drug-likeness (QED) is 0.192. The first-order valence-electron chi connectivity index (χ1n) is 12.8. The number of ether oxygens (including phenoxy) is 1. The van der Waals surface area contributed by atoms with Crippen LogP contribution in [0.5, 0.6) is 0 Å². The van der Waals surface area contributed by atoms with Gasteiger partial charge >= 0.3 is 0 Å². The molecule has 1 aliphatic rings. The molecule has 196 valence electrons. The number of carbonyl (C=O) groups excluding carboxylic acids is 1. The van der Waals surface area contributed by atoms with Gasteiger partial charge in [0.15, 0.2) is 16.0 Å². The molecule has 4 heterocycles. The van der Waals surface area contributed by atoms with E-state index in [1.54, 1.807) is 23.1 Å². The molecule has 1 amide bonds. The second kappa shape index (κ2) is 11.3. The predicted molar refractivity (Wildman–Crippen MR) is 153 cm³/mol. The Bertz CT molecular complexity index is 1400. The predicted octanol–water partition coefficient (Wildman–Crippen LogP) is 5.92. The Kier molecular flexibility index (Phi) is 8.09. The summed E-state index contributed by atoms with van der Waals surface area (Å²) >= 11 is 4.84. The molecule has 0 aliphatic carbocycles. The second-order valence-corrected chi connectivity index (χ2v) is 12.9. The molecule has 0 radical (unpaired) electrons. The molecular formula is C27H33N5O2S3. The van der Waals surface area contributed by atoms with Gasteiger partial charge in [-0.25, -0.2) is 9.38 Å². The number of hydrogen-bond acceptors (Lipinski definition) is 8. The number of benzene rings is 1. The van der Waals surface area contributed by atoms with Crippen LogP contribution in [0.4, 0.5) is 0 Å². The number of thiophene rings is 1. The maximum Gasteiger partial charge on any atom is 0.230 e. The van der Waals surface area contributed by atoms with E-state index in [0.29, 0.717) is 11.8 Å². The minimum absolute atomic E-state index is 0.00856. The summed E-state index contributed by atoms with van der Waals surface area (Å²) in [4.78, 5) is 20.1. The second-order valence-electron chi connectivity index (χ2n) is 9.78. The normalized spacial score (nSPS) is 18.3. The standard InChI is InChI=1S/C27H33N5O2S3/c1-5-12-35-25-29-24-22(19-14-27(4,6-2)34-15-20(19)37-24)23-30-31-26(32(23)25)36-16-21(33)28-17(3)13-18-10-8-7-9-11-18/h7-11,17H,5-6,12-16H2,1-4H3,(H,28,33). The average molecular weight is 556 g/mol. The van der Waals surface area contributed by atoms with Crippen molar-refractivity contribution in [1.29, 1.82) is 0 Å². The van der Waals surface area contributed by atoms with E-state index in [2.05, 4.69) is 52.8 Å². The van der Waals surface area contributed by atoms with Crippen molar-refractivity contribution < 1.29 is 9.53 Å². The largest absolute Gasteiger partial charge is 0.369 e. The maximum atomic E-state index is 12.8. The van der Waals surface area contributed by atoms with Gasteiger partial charge in [0.1, 0.15) is 4.83 Å². The number of rotatable bonds is 10. The van der Waals surface area contributed by atoms with E-state index in [0.717, 1.165) is 52.5 Å². The lowest BCUT2D eigenvalue weighted by molar-refractivity contribution is -0.119. The summed E-state index contributed by atoms with van der Waals surface area (Å²) in [6.45, 7) is 9.16. The number of thioether (sulfide) groups is 2. The zero-order chi connectivity index (χ0) is 26.0. The molecule has 3 aromatic heterocycles. The van der Waals surface area contributed by atoms with Gasteiger partial charge in [-0.05, 0) is 44.2 Å². The fourth-order valence-corrected chi connectivity index (χ4v) is 7.39. The first-order chi connectivity index (χ1) is 17.9. The van der Waals surface area contributed by atoms with Gasteiger partial charge in [0.05, 0.1) is 23.3 Å². The molecule has 0 saturated carbocycles. The molecule has 2 unspecified atom stereocenters. The molecule has 1 N–H and O–H groups in total. The molecular weight excluding hydrogens is 523 g/mol. The molecule has 1 aliphatic heterocycles. The van der Waals surface area contributed by atoms with Crippen LogP contribution in [0.2, 0.25) is 0 Å². The van der Waals surface area contributed by atoms with E-state index in [1.807, 2.05) is 25.1 Å². The van der Waals surface area contributed by atoms with Crippen molar-refractivity contribution >= 4 is 56.6 Å². The Morgan fingerprint density at radius 1 is 1.22 bits per heavy atom. The molecule has 10 heteroatoms. The maximum absolute atomic E-state index is 12.8. The fourth-order valence-electron chi connectivity index (χ4n) is 4.59. The third kappa shape index (κ3) is 5.67. The van der Waals surface area contributed by atoms with Gasteiger partial charge in [-0.3, -0.25) is 4.79 Å². The molecule has 2 atom stereocenters. The van der Waals surface area contributed by atoms with E-state index < -0.39 is 0 Å². The smallest absolute Gasteiger partial charge is 0.230 e. The van der Waals surface area contributed by atoms with Crippen molar-refractivity contribution in [2.24, 2.45) is 0 Å². The van der Waals surface area contributed by atoms with Gasteiger partial charge in [0, 0.05) is 23.1 Å². The van der Waals surface area contributed by atoms with E-state index in [9.17, 15) is 4.79 Å². The molecule has 1 aromatic carbocycles. The molecule has 0 bridgehead atoms. The molecule has 4 aromatic rings. The van der Waals surface area contributed by atoms with Crippen LogP contribution < -0.4 is 5.32 Å². The van der Waals surface area contributed by atoms with E-state index in [4.69, 9.17) is 9.72 Å². The minimum atomic E-state index is -0.181. The number of amides is 1. The first kappa shape index (κ1) is 26.5. The third-order valence-electron chi connectivity index (χ3n) is 6.73. The summed E-state index contributed by atoms with van der Waals surface area (Å²) in [5, 5.41) is 15.0. The number of fused-ring (bicyclic) bond motifs is 5. The summed E-state index contributed by atoms with van der Waals surface area (Å²) < 4.78 is 8.26. The topological polar surface area (TPSA) is 81.4 Å². The van der Waals surface area contributed by atoms with Crippen molar-refractivity contribution in [3.05, 3.63) is 46.3 Å². The Labute approximate surface area is 230 Å². The van der Waals surface area contributed by atoms with Gasteiger partial charge in [-0.15, -0.1) is 21.5 Å². The highest BCUT2D eigenvalue weighted by molar-refractivity contribution is 8.00. The van der Waals surface area contributed by atoms with Crippen molar-refractivity contribution in [1.82, 2.24) is 24.9 Å². The van der Waals surface area contributed by atoms with Crippen molar-refractivity contribution in [3.63, 3.8) is 0 Å². The number of aromatic nitrogens is 4. The molecule has 0 spiro atoms. The summed E-state index contributed by atoms with van der Waals surface area (Å²) in [5.74, 6) is 1.22. The summed E-state index contributed by atoms with van der Waals surface area (Å²) in [5.41, 5.74) is 3.15. The summed E-state index contributed by atoms with van der Waals surface area (Å²) in [6, 6.07) is 10.3. The average Bonchev–Trinajstić information content (AvgIpc) is 3.47. The number of nitrogens with zero attached hydrogens (tertiary/aromatic N) is 4. The van der Waals surface area contributed by atoms with Gasteiger partial charge in [0.25, 0.3) is 0 Å². The minimum Gasteiger partial charge on any atom is -0.369 e. The number of nitrogens with one attached hydrogen (secondary N) is 1. The van der Waals surface area contributed by atoms with Crippen LogP contribution in [0, 0.1) is 0 Å². The number of carbonyl (C=O) groups is 1. The van der Waals surface area contributed by atoms with Gasteiger partial charge in [0.2, 0.25) is 5.91 Å². The Morgan fingerprint density at radius 3 is 2.78 bits per heavy atom.